The molecule has 2 unspecified atom stereocenters. The number of phenols is 2. The number of aliphatic hydroxyl groups excluding tert-OH is 3. The second kappa shape index (κ2) is 8.39. The van der Waals surface area contributed by atoms with E-state index in [2.05, 4.69) is 0 Å². The van der Waals surface area contributed by atoms with Crippen LogP contribution in [0, 0.1) is 6.92 Å². The van der Waals surface area contributed by atoms with Crippen molar-refractivity contribution in [3.05, 3.63) is 58.7 Å². The first-order chi connectivity index (χ1) is 11.4. The van der Waals surface area contributed by atoms with Crippen molar-refractivity contribution in [1.29, 1.82) is 0 Å². The van der Waals surface area contributed by atoms with E-state index in [4.69, 9.17) is 5.11 Å². The molecule has 2 atom stereocenters. The monoisotopic (exact) mass is 350 g/mol. The van der Waals surface area contributed by atoms with Gasteiger partial charge >= 0.3 is 0 Å². The second-order valence-electron chi connectivity index (χ2n) is 5.66. The minimum absolute atomic E-state index is 0.000717. The average Bonchev–Trinajstić information content (AvgIpc) is 2.57. The molecule has 0 radical (unpaired) electrons. The highest BCUT2D eigenvalue weighted by molar-refractivity contribution is 7.99. The van der Waals surface area contributed by atoms with Crippen LogP contribution in [0.1, 0.15) is 34.5 Å². The van der Waals surface area contributed by atoms with Crippen molar-refractivity contribution in [2.75, 3.05) is 11.5 Å². The van der Waals surface area contributed by atoms with E-state index in [1.165, 1.54) is 17.8 Å². The predicted octanol–water partition coefficient (Wildman–Crippen LogP) is 2.40. The Morgan fingerprint density at radius 1 is 0.875 bits per heavy atom. The molecule has 0 amide bonds. The Morgan fingerprint density at radius 2 is 1.42 bits per heavy atom. The number of hydrogen-bond acceptors (Lipinski definition) is 6. The molecule has 2 aromatic rings. The van der Waals surface area contributed by atoms with Crippen LogP contribution in [0.4, 0.5) is 0 Å². The fraction of sp³-hybridized carbons (Fsp3) is 0.333. The standard InChI is InChI=1S/C18H22O5S/c1-11-6-12(2-4-15(11)20)17(22)9-24-10-18(23)13-3-5-16(21)14(7-13)8-19/h2-7,17-23H,8-10H2,1H3. The summed E-state index contributed by atoms with van der Waals surface area (Å²) >= 11 is 1.40. The van der Waals surface area contributed by atoms with Crippen LogP contribution in [0.3, 0.4) is 0 Å². The number of aliphatic hydroxyl groups is 3. The number of aryl methyl sites for hydroxylation is 1. The third-order valence-corrected chi connectivity index (χ3v) is 4.92. The van der Waals surface area contributed by atoms with Gasteiger partial charge in [-0.3, -0.25) is 0 Å². The topological polar surface area (TPSA) is 101 Å². The van der Waals surface area contributed by atoms with Crippen molar-refractivity contribution in [2.24, 2.45) is 0 Å². The lowest BCUT2D eigenvalue weighted by molar-refractivity contribution is 0.198. The molecule has 5 N–H and O–H groups in total. The molecule has 0 saturated heterocycles. The number of hydrogen-bond donors (Lipinski definition) is 5. The van der Waals surface area contributed by atoms with Gasteiger partial charge in [-0.05, 0) is 47.9 Å². The van der Waals surface area contributed by atoms with E-state index < -0.39 is 12.2 Å². The SMILES string of the molecule is Cc1cc(C(O)CSCC(O)c2ccc(O)c(CO)c2)ccc1O. The van der Waals surface area contributed by atoms with E-state index in [0.29, 0.717) is 28.2 Å². The molecule has 0 bridgehead atoms. The molecule has 5 nitrogen and oxygen atoms in total. The van der Waals surface area contributed by atoms with Gasteiger partial charge in [-0.2, -0.15) is 11.8 Å². The number of aromatic hydroxyl groups is 2. The van der Waals surface area contributed by atoms with E-state index in [-0.39, 0.29) is 18.1 Å². The first-order valence-corrected chi connectivity index (χ1v) is 8.74. The highest BCUT2D eigenvalue weighted by Crippen LogP contribution is 2.27. The minimum Gasteiger partial charge on any atom is -0.508 e. The fourth-order valence-corrected chi connectivity index (χ4v) is 3.28. The molecule has 0 aliphatic rings. The number of thioether (sulfide) groups is 1. The number of rotatable bonds is 7. The molecule has 2 aromatic carbocycles. The van der Waals surface area contributed by atoms with Gasteiger partial charge in [0.25, 0.3) is 0 Å². The first-order valence-electron chi connectivity index (χ1n) is 7.58. The first kappa shape index (κ1) is 18.6. The van der Waals surface area contributed by atoms with Crippen LogP contribution in [-0.4, -0.2) is 37.0 Å². The quantitative estimate of drug-likeness (QED) is 0.526. The van der Waals surface area contributed by atoms with Gasteiger partial charge in [-0.25, -0.2) is 0 Å². The molecule has 0 spiro atoms. The van der Waals surface area contributed by atoms with Gasteiger partial charge in [0.2, 0.25) is 0 Å². The summed E-state index contributed by atoms with van der Waals surface area (Å²) in [6.07, 6.45) is -1.44. The highest BCUT2D eigenvalue weighted by atomic mass is 32.2. The lowest BCUT2D eigenvalue weighted by Crippen LogP contribution is -2.06. The van der Waals surface area contributed by atoms with E-state index in [1.54, 1.807) is 37.3 Å². The average molecular weight is 350 g/mol. The third-order valence-electron chi connectivity index (χ3n) is 3.82. The van der Waals surface area contributed by atoms with Crippen LogP contribution in [-0.2, 0) is 6.61 Å². The minimum atomic E-state index is -0.755. The Morgan fingerprint density at radius 3 is 1.96 bits per heavy atom. The molecule has 24 heavy (non-hydrogen) atoms. The highest BCUT2D eigenvalue weighted by Gasteiger charge is 2.13. The smallest absolute Gasteiger partial charge is 0.121 e. The van der Waals surface area contributed by atoms with E-state index >= 15 is 0 Å². The summed E-state index contributed by atoms with van der Waals surface area (Å²) in [6.45, 7) is 1.48. The Hall–Kier alpha value is -1.73. The maximum atomic E-state index is 10.2. The summed E-state index contributed by atoms with van der Waals surface area (Å²) in [6, 6.07) is 9.60. The summed E-state index contributed by atoms with van der Waals surface area (Å²) in [4.78, 5) is 0. The predicted molar refractivity (Wildman–Crippen MR) is 94.1 cm³/mol. The lowest BCUT2D eigenvalue weighted by Gasteiger charge is -2.15. The summed E-state index contributed by atoms with van der Waals surface area (Å²) in [5, 5.41) is 48.6. The largest absolute Gasteiger partial charge is 0.508 e. The molecule has 6 heteroatoms. The van der Waals surface area contributed by atoms with Crippen molar-refractivity contribution >= 4 is 11.8 Å². The summed E-state index contributed by atoms with van der Waals surface area (Å²) < 4.78 is 0. The molecular formula is C18H22O5S. The summed E-state index contributed by atoms with van der Waals surface area (Å²) in [7, 11) is 0. The molecule has 2 rings (SSSR count). The molecule has 130 valence electrons. The molecule has 0 fully saturated rings. The number of phenolic OH excluding ortho intramolecular Hbond substituents is 1. The summed E-state index contributed by atoms with van der Waals surface area (Å²) in [5.74, 6) is 0.982. The van der Waals surface area contributed by atoms with Gasteiger partial charge < -0.3 is 25.5 Å². The van der Waals surface area contributed by atoms with Crippen LogP contribution in [0.2, 0.25) is 0 Å². The van der Waals surface area contributed by atoms with Gasteiger partial charge in [-0.1, -0.05) is 12.1 Å². The Bertz CT molecular complexity index is 689. The van der Waals surface area contributed by atoms with Crippen molar-refractivity contribution < 1.29 is 25.5 Å². The number of benzene rings is 2. The maximum Gasteiger partial charge on any atom is 0.121 e. The van der Waals surface area contributed by atoms with Crippen LogP contribution < -0.4 is 0 Å². The van der Waals surface area contributed by atoms with Crippen LogP contribution in [0.5, 0.6) is 11.5 Å². The van der Waals surface area contributed by atoms with Crippen molar-refractivity contribution in [3.63, 3.8) is 0 Å². The zero-order valence-electron chi connectivity index (χ0n) is 13.4. The fourth-order valence-electron chi connectivity index (χ4n) is 2.31. The van der Waals surface area contributed by atoms with E-state index in [0.717, 1.165) is 5.56 Å². The normalized spacial score (nSPS) is 13.7. The zero-order chi connectivity index (χ0) is 17.7. The van der Waals surface area contributed by atoms with E-state index in [9.17, 15) is 20.4 Å². The van der Waals surface area contributed by atoms with Crippen molar-refractivity contribution in [3.8, 4) is 11.5 Å². The van der Waals surface area contributed by atoms with E-state index in [1.807, 2.05) is 0 Å². The van der Waals surface area contributed by atoms with Gasteiger partial charge in [0.1, 0.15) is 11.5 Å². The molecule has 0 aliphatic carbocycles. The molecular weight excluding hydrogens is 328 g/mol. The zero-order valence-corrected chi connectivity index (χ0v) is 14.2. The Labute approximate surface area is 145 Å². The van der Waals surface area contributed by atoms with Crippen LogP contribution in [0.25, 0.3) is 0 Å². The third kappa shape index (κ3) is 4.64. The molecule has 0 aromatic heterocycles. The van der Waals surface area contributed by atoms with Gasteiger partial charge in [0.05, 0.1) is 18.8 Å². The lowest BCUT2D eigenvalue weighted by atomic mass is 10.1. The van der Waals surface area contributed by atoms with Gasteiger partial charge in [0, 0.05) is 17.1 Å². The Kier molecular flexibility index (Phi) is 6.51. The van der Waals surface area contributed by atoms with Crippen LogP contribution >= 0.6 is 11.8 Å². The summed E-state index contributed by atoms with van der Waals surface area (Å²) in [5.41, 5.74) is 2.41. The van der Waals surface area contributed by atoms with Crippen LogP contribution in [0.15, 0.2) is 36.4 Å². The van der Waals surface area contributed by atoms with Crippen molar-refractivity contribution in [2.45, 2.75) is 25.7 Å². The maximum absolute atomic E-state index is 10.2. The molecule has 0 heterocycles. The second-order valence-corrected chi connectivity index (χ2v) is 6.74. The van der Waals surface area contributed by atoms with Gasteiger partial charge in [-0.15, -0.1) is 0 Å². The van der Waals surface area contributed by atoms with Crippen molar-refractivity contribution in [1.82, 2.24) is 0 Å². The Balaban J connectivity index is 1.89. The molecule has 0 saturated carbocycles. The molecule has 0 aliphatic heterocycles. The van der Waals surface area contributed by atoms with Gasteiger partial charge in [0.15, 0.2) is 0 Å².